The molecule has 1 aliphatic heterocycles. The number of pyridine rings is 1. The van der Waals surface area contributed by atoms with Crippen molar-refractivity contribution in [2.45, 2.75) is 13.3 Å². The van der Waals surface area contributed by atoms with Gasteiger partial charge in [-0.15, -0.1) is 0 Å². The van der Waals surface area contributed by atoms with E-state index in [1.165, 1.54) is 11.3 Å². The second kappa shape index (κ2) is 1.94. The van der Waals surface area contributed by atoms with E-state index in [0.717, 1.165) is 6.42 Å². The Labute approximate surface area is 60.6 Å². The molecule has 0 N–H and O–H groups in total. The van der Waals surface area contributed by atoms with Gasteiger partial charge >= 0.3 is 0 Å². The minimum atomic E-state index is 1.11. The minimum absolute atomic E-state index is 1.11. The van der Waals surface area contributed by atoms with Crippen LogP contribution in [-0.2, 0) is 6.42 Å². The lowest BCUT2D eigenvalue weighted by Gasteiger charge is -1.86. The lowest BCUT2D eigenvalue weighted by atomic mass is 10.2. The van der Waals surface area contributed by atoms with Crippen LogP contribution in [0.3, 0.4) is 0 Å². The fourth-order valence-corrected chi connectivity index (χ4v) is 1.34. The second-order valence-corrected chi connectivity index (χ2v) is 2.75. The molecule has 0 unspecified atom stereocenters. The molecule has 1 heteroatoms. The highest BCUT2D eigenvalue weighted by molar-refractivity contribution is 5.27. The molecule has 1 aliphatic rings. The lowest BCUT2D eigenvalue weighted by Crippen LogP contribution is -2.26. The predicted octanol–water partition coefficient (Wildman–Crippen LogP) is 1.39. The van der Waals surface area contributed by atoms with E-state index in [9.17, 15) is 0 Å². The maximum Gasteiger partial charge on any atom is 0.191 e. The first-order valence-electron chi connectivity index (χ1n) is 3.52. The van der Waals surface area contributed by atoms with E-state index in [-0.39, 0.29) is 0 Å². The Morgan fingerprint density at radius 2 is 2.30 bits per heavy atom. The zero-order valence-corrected chi connectivity index (χ0v) is 6.04. The molecule has 0 atom stereocenters. The highest BCUT2D eigenvalue weighted by atomic mass is 14.9. The average Bonchev–Trinajstić information content (AvgIpc) is 2.27. The Hall–Kier alpha value is -1.11. The van der Waals surface area contributed by atoms with Crippen LogP contribution >= 0.6 is 0 Å². The number of aromatic nitrogens is 1. The first-order valence-corrected chi connectivity index (χ1v) is 3.52. The van der Waals surface area contributed by atoms with E-state index in [4.69, 9.17) is 0 Å². The molecular formula is C9H10N+. The molecule has 0 saturated carbocycles. The van der Waals surface area contributed by atoms with Gasteiger partial charge in [-0.25, -0.2) is 0 Å². The number of allylic oxidation sites excluding steroid dienone is 1. The Balaban J connectivity index is 2.54. The molecule has 0 saturated heterocycles. The predicted molar refractivity (Wildman–Crippen MR) is 40.3 cm³/mol. The zero-order valence-electron chi connectivity index (χ0n) is 6.04. The van der Waals surface area contributed by atoms with Crippen molar-refractivity contribution >= 4 is 6.20 Å². The van der Waals surface area contributed by atoms with Crippen LogP contribution in [0.1, 0.15) is 12.6 Å². The summed E-state index contributed by atoms with van der Waals surface area (Å²) in [5.41, 5.74) is 2.83. The molecule has 1 aromatic heterocycles. The Bertz CT molecular complexity index is 287. The van der Waals surface area contributed by atoms with E-state index in [0.29, 0.717) is 0 Å². The largest absolute Gasteiger partial charge is 0.191 e. The van der Waals surface area contributed by atoms with E-state index >= 15 is 0 Å². The van der Waals surface area contributed by atoms with Crippen molar-refractivity contribution in [3.8, 4) is 0 Å². The summed E-state index contributed by atoms with van der Waals surface area (Å²) in [6.07, 6.45) is 5.38. The quantitative estimate of drug-likeness (QED) is 0.470. The van der Waals surface area contributed by atoms with Gasteiger partial charge in [0.25, 0.3) is 0 Å². The summed E-state index contributed by atoms with van der Waals surface area (Å²) in [5.74, 6) is 0. The summed E-state index contributed by atoms with van der Waals surface area (Å²) < 4.78 is 2.18. The van der Waals surface area contributed by atoms with Gasteiger partial charge in [0.15, 0.2) is 18.1 Å². The number of hydrogen-bond donors (Lipinski definition) is 0. The Morgan fingerprint density at radius 3 is 3.10 bits per heavy atom. The third-order valence-corrected chi connectivity index (χ3v) is 1.80. The van der Waals surface area contributed by atoms with Crippen LogP contribution in [0.25, 0.3) is 6.20 Å². The molecule has 0 bridgehead atoms. The summed E-state index contributed by atoms with van der Waals surface area (Å²) in [4.78, 5) is 0. The van der Waals surface area contributed by atoms with E-state index in [2.05, 4.69) is 42.1 Å². The molecule has 0 spiro atoms. The van der Waals surface area contributed by atoms with Crippen LogP contribution in [0.2, 0.25) is 0 Å². The van der Waals surface area contributed by atoms with Crippen LogP contribution in [-0.4, -0.2) is 0 Å². The zero-order chi connectivity index (χ0) is 6.97. The first-order chi connectivity index (χ1) is 4.86. The van der Waals surface area contributed by atoms with Crippen molar-refractivity contribution in [3.05, 3.63) is 35.7 Å². The molecular weight excluding hydrogens is 122 g/mol. The third-order valence-electron chi connectivity index (χ3n) is 1.80. The molecule has 2 heterocycles. The summed E-state index contributed by atoms with van der Waals surface area (Å²) in [7, 11) is 0. The lowest BCUT2D eigenvalue weighted by molar-refractivity contribution is -0.571. The normalized spacial score (nSPS) is 14.7. The molecule has 0 aromatic carbocycles. The maximum atomic E-state index is 2.18. The SMILES string of the molecule is CC1=C[n+]2ccccc2C1. The highest BCUT2D eigenvalue weighted by Crippen LogP contribution is 2.08. The van der Waals surface area contributed by atoms with Gasteiger partial charge in [0.2, 0.25) is 0 Å². The van der Waals surface area contributed by atoms with Crippen LogP contribution in [0.5, 0.6) is 0 Å². The fraction of sp³-hybridized carbons (Fsp3) is 0.222. The van der Waals surface area contributed by atoms with Crippen LogP contribution in [0.4, 0.5) is 0 Å². The van der Waals surface area contributed by atoms with Gasteiger partial charge in [-0.3, -0.25) is 0 Å². The molecule has 0 fully saturated rings. The Morgan fingerprint density at radius 1 is 1.40 bits per heavy atom. The first kappa shape index (κ1) is 5.66. The van der Waals surface area contributed by atoms with Gasteiger partial charge in [0.1, 0.15) is 0 Å². The van der Waals surface area contributed by atoms with Crippen molar-refractivity contribution in [2.24, 2.45) is 0 Å². The van der Waals surface area contributed by atoms with Gasteiger partial charge in [-0.2, -0.15) is 4.57 Å². The average molecular weight is 132 g/mol. The van der Waals surface area contributed by atoms with Gasteiger partial charge in [-0.05, 0) is 6.92 Å². The second-order valence-electron chi connectivity index (χ2n) is 2.75. The number of fused-ring (bicyclic) bond motifs is 1. The van der Waals surface area contributed by atoms with Gasteiger partial charge in [0, 0.05) is 17.7 Å². The maximum absolute atomic E-state index is 2.18. The molecule has 0 aliphatic carbocycles. The van der Waals surface area contributed by atoms with Crippen LogP contribution in [0.15, 0.2) is 30.0 Å². The highest BCUT2D eigenvalue weighted by Gasteiger charge is 2.15. The molecule has 1 aromatic rings. The van der Waals surface area contributed by atoms with E-state index < -0.39 is 0 Å². The molecule has 0 radical (unpaired) electrons. The Kier molecular flexibility index (Phi) is 1.10. The standard InChI is InChI=1S/C9H10N/c1-8-6-9-4-2-3-5-10(9)7-8/h2-5,7H,6H2,1H3/q+1. The van der Waals surface area contributed by atoms with Crippen molar-refractivity contribution < 1.29 is 4.57 Å². The molecule has 10 heavy (non-hydrogen) atoms. The van der Waals surface area contributed by atoms with Crippen molar-refractivity contribution in [3.63, 3.8) is 0 Å². The van der Waals surface area contributed by atoms with Crippen LogP contribution in [0, 0.1) is 0 Å². The van der Waals surface area contributed by atoms with Crippen molar-refractivity contribution in [1.82, 2.24) is 0 Å². The van der Waals surface area contributed by atoms with Crippen molar-refractivity contribution in [2.75, 3.05) is 0 Å². The molecule has 2 rings (SSSR count). The monoisotopic (exact) mass is 132 g/mol. The van der Waals surface area contributed by atoms with Gasteiger partial charge < -0.3 is 0 Å². The minimum Gasteiger partial charge on any atom is -0.171 e. The smallest absolute Gasteiger partial charge is 0.171 e. The van der Waals surface area contributed by atoms with E-state index in [1.54, 1.807) is 0 Å². The third kappa shape index (κ3) is 0.747. The van der Waals surface area contributed by atoms with Crippen molar-refractivity contribution in [1.29, 1.82) is 0 Å². The summed E-state index contributed by atoms with van der Waals surface area (Å²) >= 11 is 0. The molecule has 0 amide bonds. The molecule has 1 nitrogen and oxygen atoms in total. The summed E-state index contributed by atoms with van der Waals surface area (Å²) in [6.45, 7) is 2.16. The van der Waals surface area contributed by atoms with Gasteiger partial charge in [-0.1, -0.05) is 6.07 Å². The molecule has 50 valence electrons. The summed E-state index contributed by atoms with van der Waals surface area (Å²) in [6, 6.07) is 6.30. The fourth-order valence-electron chi connectivity index (χ4n) is 1.34. The van der Waals surface area contributed by atoms with Gasteiger partial charge in [0.05, 0.1) is 6.42 Å². The summed E-state index contributed by atoms with van der Waals surface area (Å²) in [5, 5.41) is 0. The number of hydrogen-bond acceptors (Lipinski definition) is 0. The number of nitrogens with zero attached hydrogens (tertiary/aromatic N) is 1. The number of rotatable bonds is 0. The van der Waals surface area contributed by atoms with E-state index in [1.807, 2.05) is 0 Å². The topological polar surface area (TPSA) is 3.88 Å². The van der Waals surface area contributed by atoms with Crippen LogP contribution < -0.4 is 4.57 Å².